The van der Waals surface area contributed by atoms with E-state index in [4.69, 9.17) is 0 Å². The summed E-state index contributed by atoms with van der Waals surface area (Å²) in [5.74, 6) is -0.0417. The van der Waals surface area contributed by atoms with Crippen LogP contribution in [0, 0.1) is 10.5 Å². The third-order valence-electron chi connectivity index (χ3n) is 2.64. The number of nitrogens with zero attached hydrogens (tertiary/aromatic N) is 1. The van der Waals surface area contributed by atoms with E-state index in [0.717, 1.165) is 20.3 Å². The maximum Gasteiger partial charge on any atom is 0.252 e. The average molecular weight is 352 g/mol. The Kier molecular flexibility index (Phi) is 4.30. The molecule has 0 spiro atoms. The quantitative estimate of drug-likeness (QED) is 0.864. The lowest BCUT2D eigenvalue weighted by atomic mass is 10.1. The number of hydrogen-bond donors (Lipinski definition) is 1. The third-order valence-corrected chi connectivity index (χ3v) is 4.07. The Morgan fingerprint density at radius 1 is 1.28 bits per heavy atom. The van der Waals surface area contributed by atoms with E-state index < -0.39 is 0 Å². The van der Waals surface area contributed by atoms with Crippen LogP contribution in [-0.2, 0) is 6.54 Å². The number of aromatic nitrogens is 1. The lowest BCUT2D eigenvalue weighted by Crippen LogP contribution is -2.23. The molecule has 0 bridgehead atoms. The molecule has 2 rings (SSSR count). The summed E-state index contributed by atoms with van der Waals surface area (Å²) in [6.07, 6.45) is 3.44. The summed E-state index contributed by atoms with van der Waals surface area (Å²) in [6, 6.07) is 9.53. The first-order chi connectivity index (χ1) is 8.68. The number of pyridine rings is 1. The van der Waals surface area contributed by atoms with Gasteiger partial charge in [0.25, 0.3) is 5.91 Å². The zero-order chi connectivity index (χ0) is 13.0. The van der Waals surface area contributed by atoms with Crippen LogP contribution in [-0.4, -0.2) is 10.9 Å². The van der Waals surface area contributed by atoms with Gasteiger partial charge < -0.3 is 5.32 Å². The molecular formula is C14H13IN2O. The van der Waals surface area contributed by atoms with E-state index >= 15 is 0 Å². The Balaban J connectivity index is 2.07. The SMILES string of the molecule is Cc1cccc(C(=O)NCc2ccncc2)c1I. The van der Waals surface area contributed by atoms with Gasteiger partial charge in [-0.2, -0.15) is 0 Å². The van der Waals surface area contributed by atoms with Gasteiger partial charge in [-0.25, -0.2) is 0 Å². The van der Waals surface area contributed by atoms with Crippen molar-refractivity contribution in [3.05, 3.63) is 63.0 Å². The average Bonchev–Trinajstić information content (AvgIpc) is 2.40. The molecule has 0 aliphatic carbocycles. The van der Waals surface area contributed by atoms with Crippen molar-refractivity contribution in [2.45, 2.75) is 13.5 Å². The number of benzene rings is 1. The lowest BCUT2D eigenvalue weighted by molar-refractivity contribution is 0.0950. The molecular weight excluding hydrogens is 339 g/mol. The molecule has 0 aliphatic rings. The largest absolute Gasteiger partial charge is 0.348 e. The highest BCUT2D eigenvalue weighted by Gasteiger charge is 2.10. The summed E-state index contributed by atoms with van der Waals surface area (Å²) in [5, 5.41) is 2.91. The summed E-state index contributed by atoms with van der Waals surface area (Å²) in [7, 11) is 0. The molecule has 0 unspecified atom stereocenters. The van der Waals surface area contributed by atoms with Gasteiger partial charge in [-0.3, -0.25) is 9.78 Å². The predicted molar refractivity (Wildman–Crippen MR) is 79.3 cm³/mol. The van der Waals surface area contributed by atoms with E-state index in [-0.39, 0.29) is 5.91 Å². The maximum atomic E-state index is 12.1. The van der Waals surface area contributed by atoms with Gasteiger partial charge in [-0.15, -0.1) is 0 Å². The van der Waals surface area contributed by atoms with E-state index in [1.165, 1.54) is 0 Å². The molecule has 0 fully saturated rings. The van der Waals surface area contributed by atoms with Crippen molar-refractivity contribution in [1.82, 2.24) is 10.3 Å². The van der Waals surface area contributed by atoms with E-state index in [9.17, 15) is 4.79 Å². The highest BCUT2D eigenvalue weighted by atomic mass is 127. The maximum absolute atomic E-state index is 12.1. The number of aryl methyl sites for hydroxylation is 1. The molecule has 4 heteroatoms. The monoisotopic (exact) mass is 352 g/mol. The van der Waals surface area contributed by atoms with Crippen LogP contribution in [0.3, 0.4) is 0 Å². The standard InChI is InChI=1S/C14H13IN2O/c1-10-3-2-4-12(13(10)15)14(18)17-9-11-5-7-16-8-6-11/h2-8H,9H2,1H3,(H,17,18). The van der Waals surface area contributed by atoms with Crippen LogP contribution in [0.1, 0.15) is 21.5 Å². The number of carbonyl (C=O) groups excluding carboxylic acids is 1. The second-order valence-corrected chi connectivity index (χ2v) is 5.05. The van der Waals surface area contributed by atoms with Gasteiger partial charge in [-0.05, 0) is 58.8 Å². The summed E-state index contributed by atoms with van der Waals surface area (Å²) < 4.78 is 1.00. The third kappa shape index (κ3) is 3.07. The summed E-state index contributed by atoms with van der Waals surface area (Å²) in [5.41, 5.74) is 2.89. The number of halogens is 1. The molecule has 0 saturated heterocycles. The van der Waals surface area contributed by atoms with Crippen LogP contribution in [0.25, 0.3) is 0 Å². The fourth-order valence-corrected chi connectivity index (χ4v) is 2.21. The van der Waals surface area contributed by atoms with E-state index in [1.807, 2.05) is 37.3 Å². The van der Waals surface area contributed by atoms with Crippen molar-refractivity contribution in [3.63, 3.8) is 0 Å². The second kappa shape index (κ2) is 5.95. The Morgan fingerprint density at radius 3 is 2.72 bits per heavy atom. The van der Waals surface area contributed by atoms with Gasteiger partial charge in [0, 0.05) is 22.5 Å². The zero-order valence-corrected chi connectivity index (χ0v) is 12.1. The molecule has 0 saturated carbocycles. The number of nitrogens with one attached hydrogen (secondary N) is 1. The van der Waals surface area contributed by atoms with Gasteiger partial charge in [0.05, 0.1) is 5.56 Å². The van der Waals surface area contributed by atoms with Crippen LogP contribution >= 0.6 is 22.6 Å². The Bertz CT molecular complexity index is 555. The molecule has 1 amide bonds. The van der Waals surface area contributed by atoms with Gasteiger partial charge in [0.1, 0.15) is 0 Å². The summed E-state index contributed by atoms with van der Waals surface area (Å²) in [6.45, 7) is 2.52. The molecule has 18 heavy (non-hydrogen) atoms. The first kappa shape index (κ1) is 13.0. The fraction of sp³-hybridized carbons (Fsp3) is 0.143. The highest BCUT2D eigenvalue weighted by Crippen LogP contribution is 2.16. The van der Waals surface area contributed by atoms with Crippen molar-refractivity contribution in [3.8, 4) is 0 Å². The Labute approximate surface area is 120 Å². The molecule has 92 valence electrons. The normalized spacial score (nSPS) is 10.1. The minimum Gasteiger partial charge on any atom is -0.348 e. The van der Waals surface area contributed by atoms with Crippen molar-refractivity contribution in [1.29, 1.82) is 0 Å². The Hall–Kier alpha value is -1.43. The molecule has 1 N–H and O–H groups in total. The van der Waals surface area contributed by atoms with E-state index in [2.05, 4.69) is 32.9 Å². The molecule has 0 radical (unpaired) electrons. The fourth-order valence-electron chi connectivity index (χ4n) is 1.60. The first-order valence-electron chi connectivity index (χ1n) is 5.60. The van der Waals surface area contributed by atoms with Crippen molar-refractivity contribution >= 4 is 28.5 Å². The smallest absolute Gasteiger partial charge is 0.252 e. The number of carbonyl (C=O) groups is 1. The van der Waals surface area contributed by atoms with Gasteiger partial charge in [0.15, 0.2) is 0 Å². The Morgan fingerprint density at radius 2 is 2.00 bits per heavy atom. The van der Waals surface area contributed by atoms with Gasteiger partial charge >= 0.3 is 0 Å². The van der Waals surface area contributed by atoms with Crippen LogP contribution in [0.4, 0.5) is 0 Å². The topological polar surface area (TPSA) is 42.0 Å². The highest BCUT2D eigenvalue weighted by molar-refractivity contribution is 14.1. The van der Waals surface area contributed by atoms with E-state index in [1.54, 1.807) is 12.4 Å². The van der Waals surface area contributed by atoms with E-state index in [0.29, 0.717) is 6.54 Å². The number of rotatable bonds is 3. The van der Waals surface area contributed by atoms with Crippen molar-refractivity contribution in [2.24, 2.45) is 0 Å². The van der Waals surface area contributed by atoms with Crippen molar-refractivity contribution < 1.29 is 4.79 Å². The van der Waals surface area contributed by atoms with Gasteiger partial charge in [-0.1, -0.05) is 12.1 Å². The molecule has 1 aromatic heterocycles. The molecule has 1 aromatic carbocycles. The minimum atomic E-state index is -0.0417. The first-order valence-corrected chi connectivity index (χ1v) is 6.68. The van der Waals surface area contributed by atoms with Crippen LogP contribution in [0.15, 0.2) is 42.7 Å². The number of amides is 1. The molecule has 0 atom stereocenters. The second-order valence-electron chi connectivity index (χ2n) is 3.97. The van der Waals surface area contributed by atoms with Gasteiger partial charge in [0.2, 0.25) is 0 Å². The lowest BCUT2D eigenvalue weighted by Gasteiger charge is -2.08. The summed E-state index contributed by atoms with van der Waals surface area (Å²) >= 11 is 2.20. The van der Waals surface area contributed by atoms with Crippen LogP contribution in [0.2, 0.25) is 0 Å². The minimum absolute atomic E-state index is 0.0417. The molecule has 2 aromatic rings. The van der Waals surface area contributed by atoms with Crippen LogP contribution in [0.5, 0.6) is 0 Å². The molecule has 1 heterocycles. The summed E-state index contributed by atoms with van der Waals surface area (Å²) in [4.78, 5) is 16.0. The molecule has 3 nitrogen and oxygen atoms in total. The number of hydrogen-bond acceptors (Lipinski definition) is 2. The zero-order valence-electron chi connectivity index (χ0n) is 9.98. The van der Waals surface area contributed by atoms with Crippen molar-refractivity contribution in [2.75, 3.05) is 0 Å². The van der Waals surface area contributed by atoms with Crippen LogP contribution < -0.4 is 5.32 Å². The molecule has 0 aliphatic heterocycles. The predicted octanol–water partition coefficient (Wildman–Crippen LogP) is 2.92.